The molecule has 0 unspecified atom stereocenters. The van der Waals surface area contributed by atoms with Gasteiger partial charge in [0.2, 0.25) is 0 Å². The van der Waals surface area contributed by atoms with Crippen LogP contribution in [-0.2, 0) is 19.3 Å². The van der Waals surface area contributed by atoms with Crippen LogP contribution in [-0.4, -0.2) is 0 Å². The van der Waals surface area contributed by atoms with Crippen molar-refractivity contribution in [2.75, 3.05) is 0 Å². The zero-order valence-electron chi connectivity index (χ0n) is 19.4. The van der Waals surface area contributed by atoms with Crippen molar-refractivity contribution < 1.29 is 0 Å². The van der Waals surface area contributed by atoms with Crippen molar-refractivity contribution in [2.45, 2.75) is 58.8 Å². The molecule has 0 nitrogen and oxygen atoms in total. The van der Waals surface area contributed by atoms with Gasteiger partial charge in [0.15, 0.2) is 0 Å². The number of fused-ring (bicyclic) bond motifs is 1. The average Bonchev–Trinajstić information content (AvgIpc) is 3.14. The van der Waals surface area contributed by atoms with E-state index in [0.717, 1.165) is 44.9 Å². The van der Waals surface area contributed by atoms with Crippen LogP contribution in [0.3, 0.4) is 0 Å². The highest BCUT2D eigenvalue weighted by molar-refractivity contribution is 5.88. The molecule has 0 fully saturated rings. The Bertz CT molecular complexity index is 1020. The van der Waals surface area contributed by atoms with Crippen LogP contribution in [0.25, 0.3) is 11.6 Å². The minimum atomic E-state index is 0.950. The van der Waals surface area contributed by atoms with Crippen LogP contribution in [0, 0.1) is 0 Å². The summed E-state index contributed by atoms with van der Waals surface area (Å²) in [5.74, 6) is 0. The summed E-state index contributed by atoms with van der Waals surface area (Å²) in [6, 6.07) is 15.9. The molecule has 2 aromatic carbocycles. The molecular weight excluding hydrogens is 372 g/mol. The van der Waals surface area contributed by atoms with Crippen LogP contribution >= 0.6 is 0 Å². The Morgan fingerprint density at radius 3 is 1.84 bits per heavy atom. The standard InChI is InChI=1S/C31H36/c1-22(2)7-9-24(5)17-26-11-14-28(15-12-26)31-20-29-16-13-27(19-30(29)21-31)18-25(6)10-8-23(3)4/h11-16,19,21H,1,3,5-10,17-18,20H2,2,4H3. The van der Waals surface area contributed by atoms with Crippen molar-refractivity contribution in [1.82, 2.24) is 0 Å². The van der Waals surface area contributed by atoms with Gasteiger partial charge in [0, 0.05) is 0 Å². The van der Waals surface area contributed by atoms with Crippen molar-refractivity contribution in [2.24, 2.45) is 0 Å². The Morgan fingerprint density at radius 2 is 1.26 bits per heavy atom. The summed E-state index contributed by atoms with van der Waals surface area (Å²) < 4.78 is 0. The second kappa shape index (κ2) is 10.4. The second-order valence-corrected chi connectivity index (χ2v) is 9.34. The maximum Gasteiger partial charge on any atom is -0.00137 e. The summed E-state index contributed by atoms with van der Waals surface area (Å²) in [5, 5.41) is 0. The second-order valence-electron chi connectivity index (χ2n) is 9.34. The molecule has 1 aliphatic carbocycles. The van der Waals surface area contributed by atoms with Crippen molar-refractivity contribution in [3.05, 3.63) is 119 Å². The van der Waals surface area contributed by atoms with E-state index >= 15 is 0 Å². The van der Waals surface area contributed by atoms with Crippen LogP contribution in [0.15, 0.2) is 91.1 Å². The van der Waals surface area contributed by atoms with E-state index in [2.05, 4.69) is 88.7 Å². The molecule has 0 radical (unpaired) electrons. The molecule has 31 heavy (non-hydrogen) atoms. The van der Waals surface area contributed by atoms with E-state index in [4.69, 9.17) is 0 Å². The summed E-state index contributed by atoms with van der Waals surface area (Å²) in [4.78, 5) is 0. The fourth-order valence-electron chi connectivity index (χ4n) is 4.05. The summed E-state index contributed by atoms with van der Waals surface area (Å²) in [7, 11) is 0. The van der Waals surface area contributed by atoms with E-state index in [9.17, 15) is 0 Å². The van der Waals surface area contributed by atoms with Gasteiger partial charge in [-0.25, -0.2) is 0 Å². The zero-order chi connectivity index (χ0) is 22.4. The van der Waals surface area contributed by atoms with Gasteiger partial charge >= 0.3 is 0 Å². The first-order chi connectivity index (χ1) is 14.8. The Labute approximate surface area is 189 Å². The van der Waals surface area contributed by atoms with E-state index < -0.39 is 0 Å². The van der Waals surface area contributed by atoms with E-state index in [1.54, 1.807) is 0 Å². The minimum absolute atomic E-state index is 0.950. The zero-order valence-corrected chi connectivity index (χ0v) is 19.4. The van der Waals surface area contributed by atoms with Gasteiger partial charge in [-0.05, 0) is 92.2 Å². The van der Waals surface area contributed by atoms with Gasteiger partial charge < -0.3 is 0 Å². The molecule has 2 aromatic rings. The number of hydrogen-bond donors (Lipinski definition) is 0. The molecular formula is C31H36. The SMILES string of the molecule is C=C(C)CCC(=C)Cc1ccc(C2=Cc3cc(CC(=C)CCC(=C)C)ccc3C2)cc1. The highest BCUT2D eigenvalue weighted by Gasteiger charge is 2.15. The first-order valence-corrected chi connectivity index (χ1v) is 11.3. The first kappa shape index (κ1) is 22.8. The van der Waals surface area contributed by atoms with Crippen molar-refractivity contribution in [3.63, 3.8) is 0 Å². The Hall–Kier alpha value is -2.86. The predicted octanol–water partition coefficient (Wildman–Crippen LogP) is 8.69. The molecule has 0 heterocycles. The number of rotatable bonds is 11. The Morgan fingerprint density at radius 1 is 0.710 bits per heavy atom. The molecule has 0 bridgehead atoms. The molecule has 0 saturated heterocycles. The Balaban J connectivity index is 1.62. The minimum Gasteiger partial charge on any atom is -0.100 e. The lowest BCUT2D eigenvalue weighted by Gasteiger charge is -2.08. The molecule has 0 spiro atoms. The predicted molar refractivity (Wildman–Crippen MR) is 138 cm³/mol. The topological polar surface area (TPSA) is 0 Å². The van der Waals surface area contributed by atoms with Gasteiger partial charge in [-0.2, -0.15) is 0 Å². The average molecular weight is 409 g/mol. The summed E-state index contributed by atoms with van der Waals surface area (Å²) in [6.45, 7) is 20.6. The molecule has 0 atom stereocenters. The van der Waals surface area contributed by atoms with Gasteiger partial charge in [-0.1, -0.05) is 84.0 Å². The molecule has 1 aliphatic rings. The highest BCUT2D eigenvalue weighted by atomic mass is 14.2. The van der Waals surface area contributed by atoms with Gasteiger partial charge in [-0.3, -0.25) is 0 Å². The van der Waals surface area contributed by atoms with Crippen LogP contribution in [0.1, 0.15) is 67.3 Å². The van der Waals surface area contributed by atoms with Crippen molar-refractivity contribution in [1.29, 1.82) is 0 Å². The Kier molecular flexibility index (Phi) is 7.69. The smallest absolute Gasteiger partial charge is 0.00137 e. The lowest BCUT2D eigenvalue weighted by atomic mass is 9.97. The van der Waals surface area contributed by atoms with Gasteiger partial charge in [0.1, 0.15) is 0 Å². The number of benzene rings is 2. The van der Waals surface area contributed by atoms with E-state index in [-0.39, 0.29) is 0 Å². The molecule has 0 amide bonds. The van der Waals surface area contributed by atoms with Gasteiger partial charge in [0.05, 0.1) is 0 Å². The molecule has 160 valence electrons. The van der Waals surface area contributed by atoms with E-state index in [1.807, 2.05) is 0 Å². The third-order valence-corrected chi connectivity index (χ3v) is 5.96. The van der Waals surface area contributed by atoms with E-state index in [0.29, 0.717) is 0 Å². The summed E-state index contributed by atoms with van der Waals surface area (Å²) in [6.07, 6.45) is 9.39. The monoisotopic (exact) mass is 408 g/mol. The quantitative estimate of drug-likeness (QED) is 0.326. The van der Waals surface area contributed by atoms with Gasteiger partial charge in [0.25, 0.3) is 0 Å². The molecule has 0 N–H and O–H groups in total. The molecule has 0 saturated carbocycles. The fraction of sp³-hybridized carbons (Fsp3) is 0.290. The molecule has 3 rings (SSSR count). The van der Waals surface area contributed by atoms with Crippen LogP contribution in [0.4, 0.5) is 0 Å². The van der Waals surface area contributed by atoms with Crippen LogP contribution in [0.5, 0.6) is 0 Å². The number of allylic oxidation sites excluding steroid dienone is 5. The summed E-state index contributed by atoms with van der Waals surface area (Å²) in [5.41, 5.74) is 13.2. The lowest BCUT2D eigenvalue weighted by Crippen LogP contribution is -1.93. The maximum absolute atomic E-state index is 4.26. The van der Waals surface area contributed by atoms with Gasteiger partial charge in [-0.15, -0.1) is 13.2 Å². The highest BCUT2D eigenvalue weighted by Crippen LogP contribution is 2.33. The van der Waals surface area contributed by atoms with Crippen LogP contribution in [0.2, 0.25) is 0 Å². The van der Waals surface area contributed by atoms with E-state index in [1.165, 1.54) is 55.7 Å². The summed E-state index contributed by atoms with van der Waals surface area (Å²) >= 11 is 0. The number of hydrogen-bond acceptors (Lipinski definition) is 0. The van der Waals surface area contributed by atoms with Crippen LogP contribution < -0.4 is 0 Å². The first-order valence-electron chi connectivity index (χ1n) is 11.3. The van der Waals surface area contributed by atoms with Crippen molar-refractivity contribution >= 4 is 11.6 Å². The third kappa shape index (κ3) is 6.82. The van der Waals surface area contributed by atoms with Crippen molar-refractivity contribution in [3.8, 4) is 0 Å². The molecule has 0 aliphatic heterocycles. The third-order valence-electron chi connectivity index (χ3n) is 5.96. The molecule has 0 aromatic heterocycles. The lowest BCUT2D eigenvalue weighted by molar-refractivity contribution is 0.894. The normalized spacial score (nSPS) is 12.3. The largest absolute Gasteiger partial charge is 0.100 e. The maximum atomic E-state index is 4.26. The molecule has 0 heteroatoms. The fourth-order valence-corrected chi connectivity index (χ4v) is 4.05.